The number of nitrogens with two attached hydrogens (primary N) is 1. The summed E-state index contributed by atoms with van der Waals surface area (Å²) in [7, 11) is 0. The van der Waals surface area contributed by atoms with Crippen LogP contribution in [0.3, 0.4) is 0 Å². The molecule has 3 N–H and O–H groups in total. The van der Waals surface area contributed by atoms with E-state index in [4.69, 9.17) is 21.9 Å². The van der Waals surface area contributed by atoms with E-state index in [-0.39, 0.29) is 46.2 Å². The average Bonchev–Trinajstić information content (AvgIpc) is 3.71. The van der Waals surface area contributed by atoms with Gasteiger partial charge in [0.15, 0.2) is 5.82 Å². The molecule has 0 aliphatic carbocycles. The minimum absolute atomic E-state index is 0.0447. The van der Waals surface area contributed by atoms with Crippen LogP contribution in [0.5, 0.6) is 6.01 Å². The number of hydrogen-bond acceptors (Lipinski definition) is 8. The van der Waals surface area contributed by atoms with Gasteiger partial charge in [-0.15, -0.1) is 6.42 Å². The molecule has 10 heteroatoms. The number of fused-ring (bicyclic) bond motifs is 5. The summed E-state index contributed by atoms with van der Waals surface area (Å²) in [5.74, 6) is 1.83. The van der Waals surface area contributed by atoms with Crippen molar-refractivity contribution in [1.82, 2.24) is 20.2 Å². The van der Waals surface area contributed by atoms with Crippen LogP contribution in [0, 0.1) is 41.2 Å². The van der Waals surface area contributed by atoms with Crippen LogP contribution in [0.25, 0.3) is 32.8 Å². The molecule has 4 aromatic rings. The Balaban J connectivity index is 1.27. The van der Waals surface area contributed by atoms with E-state index in [2.05, 4.69) is 44.2 Å². The van der Waals surface area contributed by atoms with E-state index < -0.39 is 11.6 Å². The minimum Gasteiger partial charge on any atom is -0.461 e. The first-order valence-electron chi connectivity index (χ1n) is 15.3. The van der Waals surface area contributed by atoms with E-state index in [1.807, 2.05) is 0 Å². The van der Waals surface area contributed by atoms with Crippen molar-refractivity contribution < 1.29 is 13.5 Å². The van der Waals surface area contributed by atoms with Gasteiger partial charge in [0.2, 0.25) is 0 Å². The molecule has 8 rings (SSSR count). The molecular weight excluding hydrogens is 572 g/mol. The second kappa shape index (κ2) is 10.4. The minimum atomic E-state index is -0.595. The molecule has 2 unspecified atom stereocenters. The maximum atomic E-state index is 16.9. The normalized spacial score (nSPS) is 25.5. The Labute approximate surface area is 259 Å². The Kier molecular flexibility index (Phi) is 6.42. The van der Waals surface area contributed by atoms with Gasteiger partial charge in [-0.25, -0.2) is 8.78 Å². The number of nitrogens with zero attached hydrogens (tertiary/aromatic N) is 5. The van der Waals surface area contributed by atoms with Crippen molar-refractivity contribution in [2.75, 3.05) is 43.4 Å². The number of terminal acetylenes is 1. The molecule has 4 aliphatic heterocycles. The predicted molar refractivity (Wildman–Crippen MR) is 170 cm³/mol. The Bertz CT molecular complexity index is 1980. The van der Waals surface area contributed by atoms with Gasteiger partial charge in [-0.2, -0.15) is 15.2 Å². The van der Waals surface area contributed by atoms with Gasteiger partial charge in [-0.3, -0.25) is 4.90 Å². The van der Waals surface area contributed by atoms with Crippen molar-refractivity contribution in [1.29, 1.82) is 5.26 Å². The number of aromatic nitrogens is 2. The van der Waals surface area contributed by atoms with Crippen molar-refractivity contribution >= 4 is 33.2 Å². The number of rotatable bonds is 5. The molecule has 1 aromatic heterocycles. The number of nitrogens with one attached hydrogen (secondary N) is 1. The Morgan fingerprint density at radius 1 is 1.09 bits per heavy atom. The zero-order chi connectivity index (χ0) is 30.9. The fourth-order valence-electron chi connectivity index (χ4n) is 7.87. The highest BCUT2D eigenvalue weighted by Crippen LogP contribution is 2.43. The third-order valence-electron chi connectivity index (χ3n) is 9.89. The van der Waals surface area contributed by atoms with Crippen molar-refractivity contribution in [3.63, 3.8) is 0 Å². The molecule has 2 bridgehead atoms. The highest BCUT2D eigenvalue weighted by Gasteiger charge is 2.49. The summed E-state index contributed by atoms with van der Waals surface area (Å²) in [6.07, 6.45) is 12.7. The molecule has 0 amide bonds. The maximum Gasteiger partial charge on any atom is 0.319 e. The smallest absolute Gasteiger partial charge is 0.319 e. The van der Waals surface area contributed by atoms with Crippen LogP contribution in [0.4, 0.5) is 20.3 Å². The zero-order valence-electron chi connectivity index (χ0n) is 24.6. The van der Waals surface area contributed by atoms with Crippen LogP contribution >= 0.6 is 0 Å². The summed E-state index contributed by atoms with van der Waals surface area (Å²) in [4.78, 5) is 14.0. The standard InChI is InChI=1S/C35H31F2N7O/c1-2-25-29(36)9-4-21-12-22(39)13-28(30(21)25)26-7-8-27-32(31(26)37)41-34(42-33(27)43-17-23-5-6-24(18-43)40-23)45-19-35-10-3-11-44(35)16-20(14-35)15-38/h1,4-9,12-13,20,23-24,40H,3,10-11,14,16-19,39H2/t20-,23?,24?,35-/m0/s1. The first-order valence-corrected chi connectivity index (χ1v) is 15.3. The van der Waals surface area contributed by atoms with Crippen LogP contribution in [0.15, 0.2) is 48.6 Å². The summed E-state index contributed by atoms with van der Waals surface area (Å²) < 4.78 is 38.1. The maximum absolute atomic E-state index is 16.9. The summed E-state index contributed by atoms with van der Waals surface area (Å²) in [6, 6.07) is 12.5. The van der Waals surface area contributed by atoms with Crippen LogP contribution in [0.1, 0.15) is 24.8 Å². The van der Waals surface area contributed by atoms with Gasteiger partial charge in [0.05, 0.1) is 23.1 Å². The molecule has 5 heterocycles. The van der Waals surface area contributed by atoms with Gasteiger partial charge in [-0.05, 0) is 61.0 Å². The largest absolute Gasteiger partial charge is 0.461 e. The third kappa shape index (κ3) is 4.48. The van der Waals surface area contributed by atoms with E-state index in [0.717, 1.165) is 32.4 Å². The number of hydrogen-bond donors (Lipinski definition) is 2. The number of piperazine rings is 1. The van der Waals surface area contributed by atoms with Crippen molar-refractivity contribution in [3.05, 3.63) is 65.7 Å². The summed E-state index contributed by atoms with van der Waals surface area (Å²) in [5, 5.41) is 14.7. The van der Waals surface area contributed by atoms with E-state index in [0.29, 0.717) is 52.9 Å². The molecule has 226 valence electrons. The molecule has 4 aliphatic rings. The molecular formula is C35H31F2N7O. The van der Waals surface area contributed by atoms with Gasteiger partial charge >= 0.3 is 6.01 Å². The summed E-state index contributed by atoms with van der Waals surface area (Å²) >= 11 is 0. The van der Waals surface area contributed by atoms with Gasteiger partial charge in [0, 0.05) is 53.7 Å². The monoisotopic (exact) mass is 603 g/mol. The van der Waals surface area contributed by atoms with Crippen LogP contribution in [-0.4, -0.2) is 65.3 Å². The summed E-state index contributed by atoms with van der Waals surface area (Å²) in [6.45, 7) is 3.29. The van der Waals surface area contributed by atoms with E-state index in [1.54, 1.807) is 30.3 Å². The SMILES string of the molecule is C#Cc1c(F)ccc2cc(N)cc(-c3ccc4c(N5CC6C=CC(C5)N6)nc(OC[C@@]56CCCN5C[C@H](C#N)C6)nc4c3F)c12. The molecule has 8 nitrogen and oxygen atoms in total. The first-order chi connectivity index (χ1) is 21.9. The Morgan fingerprint density at radius 3 is 2.69 bits per heavy atom. The van der Waals surface area contributed by atoms with Crippen molar-refractivity contribution in [3.8, 4) is 35.6 Å². The molecule has 4 atom stereocenters. The van der Waals surface area contributed by atoms with E-state index >= 15 is 4.39 Å². The van der Waals surface area contributed by atoms with Crippen LogP contribution in [-0.2, 0) is 0 Å². The molecule has 3 aromatic carbocycles. The zero-order valence-corrected chi connectivity index (χ0v) is 24.6. The van der Waals surface area contributed by atoms with E-state index in [9.17, 15) is 9.65 Å². The lowest BCUT2D eigenvalue weighted by Gasteiger charge is -2.35. The number of halogens is 2. The lowest BCUT2D eigenvalue weighted by atomic mass is 9.91. The van der Waals surface area contributed by atoms with Crippen molar-refractivity contribution in [2.24, 2.45) is 5.92 Å². The second-order valence-corrected chi connectivity index (χ2v) is 12.6. The molecule has 0 radical (unpaired) electrons. The lowest BCUT2D eigenvalue weighted by Crippen LogP contribution is -2.52. The average molecular weight is 604 g/mol. The highest BCUT2D eigenvalue weighted by molar-refractivity contribution is 6.04. The van der Waals surface area contributed by atoms with Gasteiger partial charge in [-0.1, -0.05) is 30.2 Å². The van der Waals surface area contributed by atoms with Crippen LogP contribution < -0.4 is 20.7 Å². The van der Waals surface area contributed by atoms with Crippen LogP contribution in [0.2, 0.25) is 0 Å². The fourth-order valence-corrected chi connectivity index (χ4v) is 7.87. The summed E-state index contributed by atoms with van der Waals surface area (Å²) in [5.41, 5.74) is 7.11. The molecule has 0 saturated carbocycles. The Morgan fingerprint density at radius 2 is 1.91 bits per heavy atom. The second-order valence-electron chi connectivity index (χ2n) is 12.6. The Hall–Kier alpha value is -4.77. The number of ether oxygens (including phenoxy) is 1. The topological polar surface area (TPSA) is 103 Å². The van der Waals surface area contributed by atoms with Gasteiger partial charge in [0.25, 0.3) is 0 Å². The third-order valence-corrected chi connectivity index (χ3v) is 9.89. The molecule has 45 heavy (non-hydrogen) atoms. The molecule has 3 saturated heterocycles. The highest BCUT2D eigenvalue weighted by atomic mass is 19.1. The van der Waals surface area contributed by atoms with Gasteiger partial charge in [0.1, 0.15) is 23.8 Å². The fraction of sp³-hybridized carbons (Fsp3) is 0.343. The first kappa shape index (κ1) is 27.8. The number of benzene rings is 3. The molecule has 3 fully saturated rings. The lowest BCUT2D eigenvalue weighted by molar-refractivity contribution is 0.107. The van der Waals surface area contributed by atoms with Crippen molar-refractivity contribution in [2.45, 2.75) is 36.9 Å². The predicted octanol–water partition coefficient (Wildman–Crippen LogP) is 4.77. The van der Waals surface area contributed by atoms with E-state index in [1.165, 1.54) is 6.07 Å². The number of nitrogen functional groups attached to an aromatic ring is 1. The number of anilines is 2. The quantitative estimate of drug-likeness (QED) is 0.191. The number of nitriles is 1. The van der Waals surface area contributed by atoms with Gasteiger partial charge < -0.3 is 20.7 Å². The molecule has 0 spiro atoms.